The Bertz CT molecular complexity index is 487. The smallest absolute Gasteiger partial charge is 0.225 e. The van der Waals surface area contributed by atoms with Crippen molar-refractivity contribution in [2.75, 3.05) is 18.5 Å². The Balaban J connectivity index is 0.00000242. The molecule has 1 aliphatic rings. The van der Waals surface area contributed by atoms with Crippen molar-refractivity contribution in [3.05, 3.63) is 24.3 Å². The molecule has 0 saturated carbocycles. The number of hydrogen-bond donors (Lipinski definition) is 3. The maximum atomic E-state index is 11.9. The number of anilines is 1. The van der Waals surface area contributed by atoms with Crippen molar-refractivity contribution in [2.24, 2.45) is 5.73 Å². The largest absolute Gasteiger partial charge is 0.493 e. The first-order chi connectivity index (χ1) is 10.1. The third kappa shape index (κ3) is 6.32. The standard InChI is InChI=1S/C15H21N3O3.ClH/c16-14(19)7-9-21-13-5-3-11(4-6-13)18-15(20)10-12-2-1-8-17-12;/h3-6,12,17H,1-2,7-10H2,(H2,16,19)(H,18,20);1H. The number of hydrogen-bond acceptors (Lipinski definition) is 4. The molecule has 2 amide bonds. The topological polar surface area (TPSA) is 93.5 Å². The van der Waals surface area contributed by atoms with E-state index in [1.165, 1.54) is 0 Å². The van der Waals surface area contributed by atoms with Crippen LogP contribution in [0.5, 0.6) is 5.75 Å². The minimum Gasteiger partial charge on any atom is -0.493 e. The van der Waals surface area contributed by atoms with Gasteiger partial charge >= 0.3 is 0 Å². The lowest BCUT2D eigenvalue weighted by atomic mass is 10.1. The van der Waals surface area contributed by atoms with E-state index < -0.39 is 0 Å². The molecule has 1 saturated heterocycles. The van der Waals surface area contributed by atoms with Crippen LogP contribution in [0.2, 0.25) is 0 Å². The molecule has 0 radical (unpaired) electrons. The van der Waals surface area contributed by atoms with Crippen molar-refractivity contribution in [3.63, 3.8) is 0 Å². The molecule has 4 N–H and O–H groups in total. The first-order valence-corrected chi connectivity index (χ1v) is 7.18. The van der Waals surface area contributed by atoms with Gasteiger partial charge in [-0.25, -0.2) is 0 Å². The van der Waals surface area contributed by atoms with Gasteiger partial charge in [0.05, 0.1) is 13.0 Å². The number of nitrogens with two attached hydrogens (primary N) is 1. The molecule has 0 aliphatic carbocycles. The van der Waals surface area contributed by atoms with Gasteiger partial charge < -0.3 is 21.1 Å². The second-order valence-electron chi connectivity index (χ2n) is 5.13. The summed E-state index contributed by atoms with van der Waals surface area (Å²) in [5.74, 6) is 0.267. The Morgan fingerprint density at radius 3 is 2.64 bits per heavy atom. The first-order valence-electron chi connectivity index (χ1n) is 7.18. The van der Waals surface area contributed by atoms with E-state index >= 15 is 0 Å². The number of carbonyl (C=O) groups is 2. The molecule has 0 bridgehead atoms. The van der Waals surface area contributed by atoms with Crippen LogP contribution in [0.4, 0.5) is 5.69 Å². The maximum absolute atomic E-state index is 11.9. The summed E-state index contributed by atoms with van der Waals surface area (Å²) in [6, 6.07) is 7.36. The van der Waals surface area contributed by atoms with E-state index in [0.717, 1.165) is 25.1 Å². The lowest BCUT2D eigenvalue weighted by Gasteiger charge is -2.11. The highest BCUT2D eigenvalue weighted by Gasteiger charge is 2.17. The molecule has 1 aromatic rings. The van der Waals surface area contributed by atoms with Crippen molar-refractivity contribution in [2.45, 2.75) is 31.7 Å². The van der Waals surface area contributed by atoms with Crippen LogP contribution in [-0.4, -0.2) is 31.0 Å². The van der Waals surface area contributed by atoms with Gasteiger partial charge in [0.15, 0.2) is 0 Å². The Kier molecular flexibility index (Phi) is 7.70. The quantitative estimate of drug-likeness (QED) is 0.706. The second kappa shape index (κ2) is 9.27. The van der Waals surface area contributed by atoms with Crippen LogP contribution in [0.25, 0.3) is 0 Å². The van der Waals surface area contributed by atoms with Crippen molar-refractivity contribution in [3.8, 4) is 5.75 Å². The normalized spacial score (nSPS) is 16.6. The van der Waals surface area contributed by atoms with Crippen LogP contribution in [0.15, 0.2) is 24.3 Å². The molecule has 2 rings (SSSR count). The predicted molar refractivity (Wildman–Crippen MR) is 87.3 cm³/mol. The number of amides is 2. The third-order valence-electron chi connectivity index (χ3n) is 3.35. The van der Waals surface area contributed by atoms with Crippen molar-refractivity contribution < 1.29 is 14.3 Å². The fourth-order valence-electron chi connectivity index (χ4n) is 2.27. The summed E-state index contributed by atoms with van der Waals surface area (Å²) in [7, 11) is 0. The van der Waals surface area contributed by atoms with E-state index in [-0.39, 0.29) is 37.2 Å². The summed E-state index contributed by atoms with van der Waals surface area (Å²) in [5, 5.41) is 6.16. The van der Waals surface area contributed by atoms with Crippen LogP contribution in [0.3, 0.4) is 0 Å². The fourth-order valence-corrected chi connectivity index (χ4v) is 2.27. The Hall–Kier alpha value is -1.79. The average Bonchev–Trinajstić information content (AvgIpc) is 2.93. The van der Waals surface area contributed by atoms with Gasteiger partial charge in [-0.3, -0.25) is 9.59 Å². The van der Waals surface area contributed by atoms with Gasteiger partial charge in [0.1, 0.15) is 5.75 Å². The number of ether oxygens (including phenoxy) is 1. The lowest BCUT2D eigenvalue weighted by molar-refractivity contribution is -0.118. The number of rotatable bonds is 7. The molecule has 7 heteroatoms. The van der Waals surface area contributed by atoms with E-state index in [1.807, 2.05) is 0 Å². The fraction of sp³-hybridized carbons (Fsp3) is 0.467. The van der Waals surface area contributed by atoms with Crippen molar-refractivity contribution in [1.82, 2.24) is 5.32 Å². The monoisotopic (exact) mass is 327 g/mol. The van der Waals surface area contributed by atoms with E-state index in [9.17, 15) is 9.59 Å². The number of benzene rings is 1. The molecule has 122 valence electrons. The Labute approximate surface area is 136 Å². The van der Waals surface area contributed by atoms with Crippen LogP contribution < -0.4 is 21.1 Å². The van der Waals surface area contributed by atoms with Gasteiger partial charge in [0, 0.05) is 18.2 Å². The molecule has 1 fully saturated rings. The molecule has 6 nitrogen and oxygen atoms in total. The molecule has 0 aromatic heterocycles. The van der Waals surface area contributed by atoms with Gasteiger partial charge in [-0.15, -0.1) is 12.4 Å². The van der Waals surface area contributed by atoms with Gasteiger partial charge in [-0.05, 0) is 43.7 Å². The number of primary amides is 1. The van der Waals surface area contributed by atoms with E-state index in [4.69, 9.17) is 10.5 Å². The zero-order valence-corrected chi connectivity index (χ0v) is 13.2. The highest BCUT2D eigenvalue weighted by molar-refractivity contribution is 5.91. The summed E-state index contributed by atoms with van der Waals surface area (Å²) in [6.07, 6.45) is 2.87. The first kappa shape index (κ1) is 18.3. The van der Waals surface area contributed by atoms with Crippen LogP contribution in [-0.2, 0) is 9.59 Å². The summed E-state index contributed by atoms with van der Waals surface area (Å²) in [6.45, 7) is 1.25. The van der Waals surface area contributed by atoms with Crippen molar-refractivity contribution >= 4 is 29.9 Å². The van der Waals surface area contributed by atoms with Gasteiger partial charge in [-0.2, -0.15) is 0 Å². The summed E-state index contributed by atoms with van der Waals surface area (Å²) < 4.78 is 5.36. The summed E-state index contributed by atoms with van der Waals surface area (Å²) in [5.41, 5.74) is 5.77. The van der Waals surface area contributed by atoms with E-state index in [1.54, 1.807) is 24.3 Å². The summed E-state index contributed by atoms with van der Waals surface area (Å²) >= 11 is 0. The lowest BCUT2D eigenvalue weighted by Crippen LogP contribution is -2.27. The maximum Gasteiger partial charge on any atom is 0.225 e. The van der Waals surface area contributed by atoms with Crippen LogP contribution in [0, 0.1) is 0 Å². The van der Waals surface area contributed by atoms with Crippen LogP contribution >= 0.6 is 12.4 Å². The molecule has 22 heavy (non-hydrogen) atoms. The third-order valence-corrected chi connectivity index (χ3v) is 3.35. The number of carbonyl (C=O) groups excluding carboxylic acids is 2. The number of halogens is 1. The minimum atomic E-state index is -0.389. The molecular formula is C15H22ClN3O3. The van der Waals surface area contributed by atoms with E-state index in [0.29, 0.717) is 18.2 Å². The highest BCUT2D eigenvalue weighted by atomic mass is 35.5. The Morgan fingerprint density at radius 2 is 2.05 bits per heavy atom. The zero-order chi connectivity index (χ0) is 15.1. The molecule has 1 aromatic carbocycles. The molecule has 1 atom stereocenters. The number of nitrogens with one attached hydrogen (secondary N) is 2. The summed E-state index contributed by atoms with van der Waals surface area (Å²) in [4.78, 5) is 22.5. The van der Waals surface area contributed by atoms with Gasteiger partial charge in [0.25, 0.3) is 0 Å². The molecule has 1 heterocycles. The molecular weight excluding hydrogens is 306 g/mol. The zero-order valence-electron chi connectivity index (χ0n) is 12.3. The minimum absolute atomic E-state index is 0. The van der Waals surface area contributed by atoms with E-state index in [2.05, 4.69) is 10.6 Å². The van der Waals surface area contributed by atoms with Gasteiger partial charge in [0.2, 0.25) is 11.8 Å². The molecule has 1 unspecified atom stereocenters. The van der Waals surface area contributed by atoms with Crippen molar-refractivity contribution in [1.29, 1.82) is 0 Å². The Morgan fingerprint density at radius 1 is 1.32 bits per heavy atom. The van der Waals surface area contributed by atoms with Crippen LogP contribution in [0.1, 0.15) is 25.7 Å². The average molecular weight is 328 g/mol. The predicted octanol–water partition coefficient (Wildman–Crippen LogP) is 1.44. The SMILES string of the molecule is Cl.NC(=O)CCOc1ccc(NC(=O)CC2CCCN2)cc1. The highest BCUT2D eigenvalue weighted by Crippen LogP contribution is 2.17. The molecule has 0 spiro atoms. The molecule has 1 aliphatic heterocycles. The second-order valence-corrected chi connectivity index (χ2v) is 5.13. The van der Waals surface area contributed by atoms with Gasteiger partial charge in [-0.1, -0.05) is 0 Å².